The number of para-hydroxylation sites is 2. The molecule has 1 amide bonds. The fourth-order valence-corrected chi connectivity index (χ4v) is 2.25. The predicted molar refractivity (Wildman–Crippen MR) is 89.9 cm³/mol. The van der Waals surface area contributed by atoms with Gasteiger partial charge in [-0.05, 0) is 36.4 Å². The van der Waals surface area contributed by atoms with Crippen LogP contribution in [0.5, 0.6) is 0 Å². The molecule has 2 N–H and O–H groups in total. The zero-order valence-corrected chi connectivity index (χ0v) is 13.3. The molecule has 0 aliphatic carbocycles. The van der Waals surface area contributed by atoms with E-state index in [-0.39, 0.29) is 5.91 Å². The summed E-state index contributed by atoms with van der Waals surface area (Å²) in [4.78, 5) is 16.1. The molecule has 6 heteroatoms. The van der Waals surface area contributed by atoms with E-state index in [2.05, 4.69) is 31.5 Å². The van der Waals surface area contributed by atoms with Crippen LogP contribution in [0.4, 0.5) is 11.7 Å². The van der Waals surface area contributed by atoms with E-state index in [1.165, 1.54) is 0 Å². The number of fused-ring (bicyclic) bond motifs is 1. The van der Waals surface area contributed by atoms with Crippen molar-refractivity contribution in [3.8, 4) is 0 Å². The van der Waals surface area contributed by atoms with Gasteiger partial charge in [-0.25, -0.2) is 0 Å². The van der Waals surface area contributed by atoms with Crippen LogP contribution in [0, 0.1) is 0 Å². The molecule has 0 saturated heterocycles. The first-order chi connectivity index (χ1) is 10.7. The Morgan fingerprint density at radius 1 is 1.14 bits per heavy atom. The molecule has 0 saturated carbocycles. The molecule has 2 aromatic carbocycles. The Kier molecular flexibility index (Phi) is 4.39. The van der Waals surface area contributed by atoms with Crippen molar-refractivity contribution in [2.75, 3.05) is 17.2 Å². The smallest absolute Gasteiger partial charge is 0.295 e. The van der Waals surface area contributed by atoms with Gasteiger partial charge in [0.25, 0.3) is 6.01 Å². The number of anilines is 2. The second kappa shape index (κ2) is 6.62. The third kappa shape index (κ3) is 3.65. The molecule has 0 atom stereocenters. The molecule has 0 radical (unpaired) electrons. The number of carbonyl (C=O) groups is 1. The highest BCUT2D eigenvalue weighted by molar-refractivity contribution is 9.10. The number of oxazole rings is 1. The van der Waals surface area contributed by atoms with E-state index in [0.29, 0.717) is 19.0 Å². The normalized spacial score (nSPS) is 10.6. The van der Waals surface area contributed by atoms with Crippen LogP contribution < -0.4 is 10.6 Å². The Labute approximate surface area is 135 Å². The molecule has 1 heterocycles. The quantitative estimate of drug-likeness (QED) is 0.721. The number of rotatable bonds is 5. The molecule has 0 spiro atoms. The molecule has 0 unspecified atom stereocenters. The van der Waals surface area contributed by atoms with Gasteiger partial charge >= 0.3 is 0 Å². The Balaban J connectivity index is 1.49. The molecule has 0 fully saturated rings. The van der Waals surface area contributed by atoms with E-state index in [9.17, 15) is 4.79 Å². The average molecular weight is 360 g/mol. The molecule has 0 aliphatic heterocycles. The van der Waals surface area contributed by atoms with Crippen molar-refractivity contribution >= 4 is 44.6 Å². The third-order valence-corrected chi connectivity index (χ3v) is 3.58. The number of nitrogens with one attached hydrogen (secondary N) is 2. The lowest BCUT2D eigenvalue weighted by Gasteiger charge is -2.05. The fourth-order valence-electron chi connectivity index (χ4n) is 1.99. The maximum atomic E-state index is 11.8. The molecule has 22 heavy (non-hydrogen) atoms. The number of carbonyl (C=O) groups excluding carboxylic acids is 1. The van der Waals surface area contributed by atoms with Crippen LogP contribution in [0.25, 0.3) is 11.1 Å². The summed E-state index contributed by atoms with van der Waals surface area (Å²) in [5.41, 5.74) is 2.30. The molecule has 0 bridgehead atoms. The highest BCUT2D eigenvalue weighted by atomic mass is 79.9. The van der Waals surface area contributed by atoms with Gasteiger partial charge in [-0.2, -0.15) is 4.98 Å². The highest BCUT2D eigenvalue weighted by Gasteiger charge is 2.06. The molecule has 5 nitrogen and oxygen atoms in total. The highest BCUT2D eigenvalue weighted by Crippen LogP contribution is 2.18. The molecule has 112 valence electrons. The summed E-state index contributed by atoms with van der Waals surface area (Å²) in [6, 6.07) is 15.4. The van der Waals surface area contributed by atoms with Crippen molar-refractivity contribution in [3.63, 3.8) is 0 Å². The second-order valence-corrected chi connectivity index (χ2v) is 5.63. The lowest BCUT2D eigenvalue weighted by atomic mass is 10.3. The van der Waals surface area contributed by atoms with E-state index in [0.717, 1.165) is 21.3 Å². The zero-order valence-electron chi connectivity index (χ0n) is 11.7. The third-order valence-electron chi connectivity index (χ3n) is 3.05. The minimum absolute atomic E-state index is 0.0640. The van der Waals surface area contributed by atoms with E-state index >= 15 is 0 Å². The van der Waals surface area contributed by atoms with Crippen LogP contribution in [-0.4, -0.2) is 17.4 Å². The molecular formula is C16H14BrN3O2. The van der Waals surface area contributed by atoms with Crippen molar-refractivity contribution in [3.05, 3.63) is 53.0 Å². The van der Waals surface area contributed by atoms with E-state index < -0.39 is 0 Å². The number of hydrogen-bond donors (Lipinski definition) is 2. The minimum atomic E-state index is -0.0640. The van der Waals surface area contributed by atoms with Crippen LogP contribution in [0.15, 0.2) is 57.4 Å². The topological polar surface area (TPSA) is 67.2 Å². The Bertz CT molecular complexity index is 750. The molecule has 0 aliphatic rings. The van der Waals surface area contributed by atoms with E-state index in [1.54, 1.807) is 0 Å². The van der Waals surface area contributed by atoms with Gasteiger partial charge in [0.1, 0.15) is 5.52 Å². The van der Waals surface area contributed by atoms with E-state index in [4.69, 9.17) is 4.42 Å². The fraction of sp³-hybridized carbons (Fsp3) is 0.125. The zero-order chi connectivity index (χ0) is 15.4. The van der Waals surface area contributed by atoms with Crippen molar-refractivity contribution in [2.24, 2.45) is 0 Å². The van der Waals surface area contributed by atoms with E-state index in [1.807, 2.05) is 48.5 Å². The van der Waals surface area contributed by atoms with Crippen LogP contribution in [0.3, 0.4) is 0 Å². The van der Waals surface area contributed by atoms with Gasteiger partial charge in [-0.1, -0.05) is 28.1 Å². The number of hydrogen-bond acceptors (Lipinski definition) is 4. The van der Waals surface area contributed by atoms with Crippen molar-refractivity contribution in [2.45, 2.75) is 6.42 Å². The van der Waals surface area contributed by atoms with Crippen LogP contribution in [-0.2, 0) is 4.79 Å². The maximum Gasteiger partial charge on any atom is 0.295 e. The number of aromatic nitrogens is 1. The number of benzene rings is 2. The van der Waals surface area contributed by atoms with Gasteiger partial charge in [-0.3, -0.25) is 4.79 Å². The first-order valence-electron chi connectivity index (χ1n) is 6.85. The monoisotopic (exact) mass is 359 g/mol. The summed E-state index contributed by atoms with van der Waals surface area (Å²) in [6.45, 7) is 0.454. The predicted octanol–water partition coefficient (Wildman–Crippen LogP) is 4.03. The van der Waals surface area contributed by atoms with Crippen molar-refractivity contribution < 1.29 is 9.21 Å². The first-order valence-corrected chi connectivity index (χ1v) is 7.65. The molecule has 3 aromatic rings. The first kappa shape index (κ1) is 14.6. The summed E-state index contributed by atoms with van der Waals surface area (Å²) in [5.74, 6) is -0.0640. The summed E-state index contributed by atoms with van der Waals surface area (Å²) in [5, 5.41) is 5.84. The van der Waals surface area contributed by atoms with Crippen LogP contribution in [0.2, 0.25) is 0 Å². The van der Waals surface area contributed by atoms with Crippen LogP contribution in [0.1, 0.15) is 6.42 Å². The Hall–Kier alpha value is -2.34. The second-order valence-electron chi connectivity index (χ2n) is 4.72. The molecule has 3 rings (SSSR count). The standard InChI is InChI=1S/C16H14BrN3O2/c17-11-5-7-12(8-6-11)19-15(21)9-10-18-16-20-13-3-1-2-4-14(13)22-16/h1-8H,9-10H2,(H,18,20)(H,19,21). The van der Waals surface area contributed by atoms with Gasteiger partial charge in [0.2, 0.25) is 5.91 Å². The van der Waals surface area contributed by atoms with Gasteiger partial charge in [0.05, 0.1) is 0 Å². The minimum Gasteiger partial charge on any atom is -0.424 e. The van der Waals surface area contributed by atoms with Crippen molar-refractivity contribution in [1.29, 1.82) is 0 Å². The number of amides is 1. The Morgan fingerprint density at radius 3 is 2.68 bits per heavy atom. The summed E-state index contributed by atoms with van der Waals surface area (Å²) < 4.78 is 6.50. The van der Waals surface area contributed by atoms with Gasteiger partial charge in [0.15, 0.2) is 5.58 Å². The molecular weight excluding hydrogens is 346 g/mol. The maximum absolute atomic E-state index is 11.8. The van der Waals surface area contributed by atoms with Gasteiger partial charge < -0.3 is 15.1 Å². The van der Waals surface area contributed by atoms with Gasteiger partial charge in [0, 0.05) is 23.1 Å². The Morgan fingerprint density at radius 2 is 1.91 bits per heavy atom. The van der Waals surface area contributed by atoms with Crippen LogP contribution >= 0.6 is 15.9 Å². The summed E-state index contributed by atoms with van der Waals surface area (Å²) in [6.07, 6.45) is 0.328. The average Bonchev–Trinajstić information content (AvgIpc) is 2.92. The summed E-state index contributed by atoms with van der Waals surface area (Å²) >= 11 is 3.35. The number of nitrogens with zero attached hydrogens (tertiary/aromatic N) is 1. The van der Waals surface area contributed by atoms with Crippen molar-refractivity contribution in [1.82, 2.24) is 4.98 Å². The van der Waals surface area contributed by atoms with Gasteiger partial charge in [-0.15, -0.1) is 0 Å². The summed E-state index contributed by atoms with van der Waals surface area (Å²) in [7, 11) is 0. The number of halogens is 1. The lowest BCUT2D eigenvalue weighted by Crippen LogP contribution is -2.16. The largest absolute Gasteiger partial charge is 0.424 e. The SMILES string of the molecule is O=C(CCNc1nc2ccccc2o1)Nc1ccc(Br)cc1. The molecule has 1 aromatic heterocycles. The lowest BCUT2D eigenvalue weighted by molar-refractivity contribution is -0.115.